The van der Waals surface area contributed by atoms with Gasteiger partial charge in [0.05, 0.1) is 5.92 Å². The molecule has 1 aliphatic heterocycles. The summed E-state index contributed by atoms with van der Waals surface area (Å²) in [6, 6.07) is 8.06. The Labute approximate surface area is 175 Å². The number of hydrogen-bond acceptors (Lipinski definition) is 4. The molecule has 4 N–H and O–H groups in total. The second-order valence-corrected chi connectivity index (χ2v) is 8.57. The minimum absolute atomic E-state index is 0.00141. The third-order valence-electron chi connectivity index (χ3n) is 4.91. The van der Waals surface area contributed by atoms with Gasteiger partial charge < -0.3 is 26.0 Å². The number of carbonyl (C=O) groups excluding carboxylic acids is 1. The quantitative estimate of drug-likeness (QED) is 0.351. The third kappa shape index (κ3) is 8.31. The fraction of sp³-hybridized carbons (Fsp3) is 0.636. The van der Waals surface area contributed by atoms with E-state index in [9.17, 15) is 4.79 Å². The number of nitrogens with two attached hydrogens (primary N) is 1. The predicted molar refractivity (Wildman–Crippen MR) is 118 cm³/mol. The number of piperidine rings is 1. The molecule has 1 unspecified atom stereocenters. The maximum atomic E-state index is 11.4. The Balaban J connectivity index is 1.74. The van der Waals surface area contributed by atoms with Gasteiger partial charge in [-0.25, -0.2) is 0 Å². The van der Waals surface area contributed by atoms with Crippen LogP contribution in [0.15, 0.2) is 29.3 Å². The molecule has 0 radical (unpaired) electrons. The Hall–Kier alpha value is -2.28. The second kappa shape index (κ2) is 11.0. The van der Waals surface area contributed by atoms with Crippen LogP contribution in [-0.4, -0.2) is 55.6 Å². The Morgan fingerprint density at radius 2 is 2.07 bits per heavy atom. The fourth-order valence-corrected chi connectivity index (χ4v) is 3.48. The van der Waals surface area contributed by atoms with Gasteiger partial charge in [-0.2, -0.15) is 0 Å². The summed E-state index contributed by atoms with van der Waals surface area (Å²) in [6.45, 7) is 10.4. The molecule has 1 heterocycles. The summed E-state index contributed by atoms with van der Waals surface area (Å²) in [5.74, 6) is 1.48. The van der Waals surface area contributed by atoms with Gasteiger partial charge in [0, 0.05) is 32.2 Å². The predicted octanol–water partition coefficient (Wildman–Crippen LogP) is 2.12. The number of carbonyl (C=O) groups is 1. The number of para-hydroxylation sites is 1. The number of aliphatic imine (C=N–C) groups is 1. The van der Waals surface area contributed by atoms with Gasteiger partial charge in [0.15, 0.2) is 5.96 Å². The van der Waals surface area contributed by atoms with E-state index >= 15 is 0 Å². The first-order valence-corrected chi connectivity index (χ1v) is 10.5. The average molecular weight is 404 g/mol. The first kappa shape index (κ1) is 23.0. The Bertz CT molecular complexity index is 684. The molecule has 1 atom stereocenters. The van der Waals surface area contributed by atoms with Crippen molar-refractivity contribution in [2.75, 3.05) is 33.2 Å². The van der Waals surface area contributed by atoms with Crippen molar-refractivity contribution in [1.82, 2.24) is 15.5 Å². The van der Waals surface area contributed by atoms with Crippen molar-refractivity contribution < 1.29 is 9.53 Å². The summed E-state index contributed by atoms with van der Waals surface area (Å²) >= 11 is 0. The lowest BCUT2D eigenvalue weighted by molar-refractivity contribution is -0.123. The largest absolute Gasteiger partial charge is 0.488 e. The highest BCUT2D eigenvalue weighted by molar-refractivity contribution is 5.79. The monoisotopic (exact) mass is 403 g/mol. The third-order valence-corrected chi connectivity index (χ3v) is 4.91. The molecule has 1 saturated heterocycles. The first-order chi connectivity index (χ1) is 13.8. The molecule has 1 aliphatic rings. The number of guanidine groups is 1. The van der Waals surface area contributed by atoms with E-state index in [1.807, 2.05) is 39.0 Å². The minimum Gasteiger partial charge on any atom is -0.488 e. The molecule has 162 valence electrons. The highest BCUT2D eigenvalue weighted by atomic mass is 16.5. The normalized spacial score (nSPS) is 18.3. The number of nitrogens with one attached hydrogen (secondary N) is 2. The molecule has 1 amide bonds. The maximum Gasteiger partial charge on any atom is 0.221 e. The lowest BCUT2D eigenvalue weighted by Crippen LogP contribution is -2.42. The lowest BCUT2D eigenvalue weighted by Gasteiger charge is -2.31. The van der Waals surface area contributed by atoms with Gasteiger partial charge in [-0.3, -0.25) is 9.79 Å². The zero-order valence-corrected chi connectivity index (χ0v) is 18.3. The zero-order valence-electron chi connectivity index (χ0n) is 18.3. The molecule has 0 aromatic heterocycles. The van der Waals surface area contributed by atoms with Crippen molar-refractivity contribution in [2.24, 2.45) is 16.6 Å². The van der Waals surface area contributed by atoms with E-state index in [0.29, 0.717) is 6.54 Å². The molecule has 0 bridgehead atoms. The smallest absolute Gasteiger partial charge is 0.221 e. The van der Waals surface area contributed by atoms with Crippen molar-refractivity contribution in [1.29, 1.82) is 0 Å². The molecule has 1 fully saturated rings. The van der Waals surface area contributed by atoms with Crippen molar-refractivity contribution in [3.05, 3.63) is 29.8 Å². The van der Waals surface area contributed by atoms with Crippen LogP contribution in [0.4, 0.5) is 0 Å². The minimum atomic E-state index is -0.238. The van der Waals surface area contributed by atoms with E-state index in [0.717, 1.165) is 62.7 Å². The molecular weight excluding hydrogens is 366 g/mol. The second-order valence-electron chi connectivity index (χ2n) is 8.57. The van der Waals surface area contributed by atoms with Crippen LogP contribution in [-0.2, 0) is 11.3 Å². The number of amides is 1. The summed E-state index contributed by atoms with van der Waals surface area (Å²) in [6.07, 6.45) is 2.94. The molecule has 7 heteroatoms. The van der Waals surface area contributed by atoms with E-state index in [1.54, 1.807) is 7.05 Å². The summed E-state index contributed by atoms with van der Waals surface area (Å²) in [7, 11) is 1.77. The van der Waals surface area contributed by atoms with Crippen LogP contribution in [0.5, 0.6) is 5.75 Å². The molecule has 0 spiro atoms. The van der Waals surface area contributed by atoms with Gasteiger partial charge in [0.2, 0.25) is 5.91 Å². The van der Waals surface area contributed by atoms with Crippen LogP contribution in [0.3, 0.4) is 0 Å². The van der Waals surface area contributed by atoms with Crippen molar-refractivity contribution in [2.45, 2.75) is 52.2 Å². The van der Waals surface area contributed by atoms with E-state index in [-0.39, 0.29) is 17.4 Å². The molecule has 1 aromatic carbocycles. The number of likely N-dealkylation sites (tertiary alicyclic amines) is 1. The molecular formula is C22H37N5O2. The average Bonchev–Trinajstić information content (AvgIpc) is 2.67. The zero-order chi connectivity index (χ0) is 21.3. The summed E-state index contributed by atoms with van der Waals surface area (Å²) in [4.78, 5) is 18.0. The van der Waals surface area contributed by atoms with Gasteiger partial charge in [0.1, 0.15) is 11.4 Å². The lowest BCUT2D eigenvalue weighted by atomic mass is 9.97. The van der Waals surface area contributed by atoms with Gasteiger partial charge in [-0.15, -0.1) is 0 Å². The van der Waals surface area contributed by atoms with E-state index in [2.05, 4.69) is 26.6 Å². The van der Waals surface area contributed by atoms with Crippen LogP contribution in [0.25, 0.3) is 0 Å². The van der Waals surface area contributed by atoms with E-state index < -0.39 is 0 Å². The summed E-state index contributed by atoms with van der Waals surface area (Å²) in [5, 5.41) is 6.72. The van der Waals surface area contributed by atoms with Gasteiger partial charge in [-0.1, -0.05) is 18.2 Å². The Morgan fingerprint density at radius 1 is 1.31 bits per heavy atom. The molecule has 2 rings (SSSR count). The van der Waals surface area contributed by atoms with Gasteiger partial charge in [-0.05, 0) is 59.2 Å². The SMILES string of the molecule is CN=C(NCCCN1CCCC(C(N)=O)C1)NCc1ccccc1OC(C)(C)C. The summed E-state index contributed by atoms with van der Waals surface area (Å²) in [5.41, 5.74) is 6.31. The molecule has 7 nitrogen and oxygen atoms in total. The highest BCUT2D eigenvalue weighted by Crippen LogP contribution is 2.22. The molecule has 0 saturated carbocycles. The standard InChI is InChI=1S/C22H37N5O2/c1-22(2,3)29-19-11-6-5-9-17(19)15-26-21(24-4)25-12-8-14-27-13-7-10-18(16-27)20(23)28/h5-6,9,11,18H,7-8,10,12-16H2,1-4H3,(H2,23,28)(H2,24,25,26). The molecule has 0 aliphatic carbocycles. The van der Waals surface area contributed by atoms with Crippen molar-refractivity contribution in [3.8, 4) is 5.75 Å². The number of rotatable bonds is 8. The van der Waals surface area contributed by atoms with Crippen LogP contribution in [0.2, 0.25) is 0 Å². The van der Waals surface area contributed by atoms with Crippen LogP contribution >= 0.6 is 0 Å². The number of benzene rings is 1. The number of primary amides is 1. The van der Waals surface area contributed by atoms with E-state index in [4.69, 9.17) is 10.5 Å². The van der Waals surface area contributed by atoms with Crippen LogP contribution in [0.1, 0.15) is 45.6 Å². The van der Waals surface area contributed by atoms with Crippen molar-refractivity contribution >= 4 is 11.9 Å². The fourth-order valence-electron chi connectivity index (χ4n) is 3.48. The highest BCUT2D eigenvalue weighted by Gasteiger charge is 2.23. The van der Waals surface area contributed by atoms with Crippen molar-refractivity contribution in [3.63, 3.8) is 0 Å². The van der Waals surface area contributed by atoms with Crippen LogP contribution < -0.4 is 21.1 Å². The van der Waals surface area contributed by atoms with Gasteiger partial charge >= 0.3 is 0 Å². The Morgan fingerprint density at radius 3 is 2.76 bits per heavy atom. The number of ether oxygens (including phenoxy) is 1. The first-order valence-electron chi connectivity index (χ1n) is 10.5. The number of hydrogen-bond donors (Lipinski definition) is 3. The maximum absolute atomic E-state index is 11.4. The van der Waals surface area contributed by atoms with Gasteiger partial charge in [0.25, 0.3) is 0 Å². The topological polar surface area (TPSA) is 92.0 Å². The number of nitrogens with zero attached hydrogens (tertiary/aromatic N) is 2. The molecule has 1 aromatic rings. The van der Waals surface area contributed by atoms with Crippen LogP contribution in [0, 0.1) is 5.92 Å². The summed E-state index contributed by atoms with van der Waals surface area (Å²) < 4.78 is 6.05. The molecule has 29 heavy (non-hydrogen) atoms. The van der Waals surface area contributed by atoms with E-state index in [1.165, 1.54) is 0 Å². The Kier molecular flexibility index (Phi) is 8.76.